The third-order valence-corrected chi connectivity index (χ3v) is 6.43. The summed E-state index contributed by atoms with van der Waals surface area (Å²) in [7, 11) is -3.90. The molecule has 7 nitrogen and oxygen atoms in total. The molecule has 0 saturated carbocycles. The van der Waals surface area contributed by atoms with Gasteiger partial charge in [0.2, 0.25) is 21.8 Å². The van der Waals surface area contributed by atoms with Crippen LogP contribution in [0.25, 0.3) is 0 Å². The first-order valence-corrected chi connectivity index (χ1v) is 12.8. The van der Waals surface area contributed by atoms with Crippen LogP contribution in [0.4, 0.5) is 10.1 Å². The first-order valence-electron chi connectivity index (χ1n) is 10.6. The minimum Gasteiger partial charge on any atom is -0.354 e. The maximum Gasteiger partial charge on any atom is 0.244 e. The van der Waals surface area contributed by atoms with Crippen molar-refractivity contribution in [3.8, 4) is 0 Å². The van der Waals surface area contributed by atoms with Gasteiger partial charge in [-0.15, -0.1) is 0 Å². The number of carbonyl (C=O) groups excluding carboxylic acids is 2. The molecule has 2 aromatic carbocycles. The molecule has 0 aromatic heterocycles. The van der Waals surface area contributed by atoms with Crippen molar-refractivity contribution in [1.29, 1.82) is 0 Å². The van der Waals surface area contributed by atoms with Gasteiger partial charge in [-0.05, 0) is 49.2 Å². The molecule has 0 saturated heterocycles. The summed E-state index contributed by atoms with van der Waals surface area (Å²) in [6, 6.07) is 10.9. The molecule has 10 heteroatoms. The van der Waals surface area contributed by atoms with Crippen molar-refractivity contribution < 1.29 is 22.4 Å². The van der Waals surface area contributed by atoms with Crippen molar-refractivity contribution in [2.75, 3.05) is 23.7 Å². The largest absolute Gasteiger partial charge is 0.354 e. The first-order chi connectivity index (χ1) is 15.5. The lowest BCUT2D eigenvalue weighted by Gasteiger charge is -2.31. The Bertz CT molecular complexity index is 1060. The highest BCUT2D eigenvalue weighted by atomic mass is 35.5. The molecule has 180 valence electrons. The van der Waals surface area contributed by atoms with E-state index in [9.17, 15) is 22.4 Å². The van der Waals surface area contributed by atoms with Gasteiger partial charge in [0.15, 0.2) is 0 Å². The van der Waals surface area contributed by atoms with E-state index >= 15 is 0 Å². The van der Waals surface area contributed by atoms with Crippen LogP contribution in [-0.2, 0) is 26.2 Å². The van der Waals surface area contributed by atoms with Crippen molar-refractivity contribution in [2.45, 2.75) is 39.3 Å². The molecule has 1 N–H and O–H groups in total. The molecule has 0 radical (unpaired) electrons. The number of carbonyl (C=O) groups is 2. The molecule has 0 unspecified atom stereocenters. The van der Waals surface area contributed by atoms with Gasteiger partial charge in [0.05, 0.1) is 11.9 Å². The highest BCUT2D eigenvalue weighted by molar-refractivity contribution is 7.92. The number of halogens is 2. The zero-order valence-electron chi connectivity index (χ0n) is 18.9. The summed E-state index contributed by atoms with van der Waals surface area (Å²) in [5.74, 6) is -1.57. The van der Waals surface area contributed by atoms with Crippen LogP contribution in [0.2, 0.25) is 5.02 Å². The van der Waals surface area contributed by atoms with Gasteiger partial charge in [-0.3, -0.25) is 13.9 Å². The van der Waals surface area contributed by atoms with E-state index in [1.165, 1.54) is 23.1 Å². The summed E-state index contributed by atoms with van der Waals surface area (Å²) in [5, 5.41) is 3.33. The Hall–Kier alpha value is -2.65. The SMILES string of the molecule is CCCCNC(=O)[C@@H](C)N(Cc1ccc(Cl)cc1)C(=O)CN(c1cccc(F)c1)S(C)(=O)=O. The molecule has 2 aromatic rings. The van der Waals surface area contributed by atoms with Crippen molar-refractivity contribution in [2.24, 2.45) is 0 Å². The molecule has 2 rings (SSSR count). The Morgan fingerprint density at radius 2 is 1.82 bits per heavy atom. The number of hydrogen-bond donors (Lipinski definition) is 1. The molecule has 0 aliphatic heterocycles. The van der Waals surface area contributed by atoms with Crippen LogP contribution in [0.15, 0.2) is 48.5 Å². The quantitative estimate of drug-likeness (QED) is 0.481. The highest BCUT2D eigenvalue weighted by Crippen LogP contribution is 2.20. The Labute approximate surface area is 199 Å². The van der Waals surface area contributed by atoms with Gasteiger partial charge in [0, 0.05) is 18.1 Å². The molecule has 0 aliphatic rings. The summed E-state index contributed by atoms with van der Waals surface area (Å²) in [6.45, 7) is 3.54. The van der Waals surface area contributed by atoms with Crippen LogP contribution in [0.3, 0.4) is 0 Å². The number of rotatable bonds is 11. The van der Waals surface area contributed by atoms with Crippen molar-refractivity contribution in [1.82, 2.24) is 10.2 Å². The second-order valence-electron chi connectivity index (χ2n) is 7.72. The molecule has 0 aliphatic carbocycles. The summed E-state index contributed by atoms with van der Waals surface area (Å²) < 4.78 is 39.4. The maximum absolute atomic E-state index is 13.7. The van der Waals surface area contributed by atoms with E-state index in [4.69, 9.17) is 11.6 Å². The van der Waals surface area contributed by atoms with Crippen LogP contribution in [0.5, 0.6) is 0 Å². The Morgan fingerprint density at radius 3 is 2.39 bits per heavy atom. The molecule has 0 heterocycles. The van der Waals surface area contributed by atoms with Gasteiger partial charge in [-0.1, -0.05) is 43.1 Å². The molecular weight excluding hydrogens is 469 g/mol. The van der Waals surface area contributed by atoms with Gasteiger partial charge in [-0.2, -0.15) is 0 Å². The number of nitrogens with zero attached hydrogens (tertiary/aromatic N) is 2. The minimum absolute atomic E-state index is 0.0253. The van der Waals surface area contributed by atoms with Gasteiger partial charge < -0.3 is 10.2 Å². The topological polar surface area (TPSA) is 86.8 Å². The molecule has 0 fully saturated rings. The second kappa shape index (κ2) is 12.0. The van der Waals surface area contributed by atoms with Crippen LogP contribution in [0, 0.1) is 5.82 Å². The number of hydrogen-bond acceptors (Lipinski definition) is 4. The number of nitrogens with one attached hydrogen (secondary N) is 1. The molecule has 1 atom stereocenters. The third kappa shape index (κ3) is 8.01. The Morgan fingerprint density at radius 1 is 1.15 bits per heavy atom. The lowest BCUT2D eigenvalue weighted by Crippen LogP contribution is -2.51. The lowest BCUT2D eigenvalue weighted by molar-refractivity contribution is -0.139. The number of benzene rings is 2. The fraction of sp³-hybridized carbons (Fsp3) is 0.391. The van der Waals surface area contributed by atoms with Gasteiger partial charge in [0.25, 0.3) is 0 Å². The third-order valence-electron chi connectivity index (χ3n) is 5.04. The van der Waals surface area contributed by atoms with Crippen molar-refractivity contribution in [3.05, 3.63) is 64.9 Å². The van der Waals surface area contributed by atoms with Crippen LogP contribution < -0.4 is 9.62 Å². The fourth-order valence-electron chi connectivity index (χ4n) is 3.15. The van der Waals surface area contributed by atoms with Crippen molar-refractivity contribution >= 4 is 39.1 Å². The summed E-state index contributed by atoms with van der Waals surface area (Å²) in [4.78, 5) is 27.3. The van der Waals surface area contributed by atoms with Crippen LogP contribution in [-0.4, -0.2) is 50.5 Å². The first kappa shape index (κ1) is 26.6. The second-order valence-corrected chi connectivity index (χ2v) is 10.1. The average molecular weight is 498 g/mol. The molecule has 2 amide bonds. The number of unbranched alkanes of at least 4 members (excludes halogenated alkanes) is 1. The van der Waals surface area contributed by atoms with Gasteiger partial charge in [0.1, 0.15) is 18.4 Å². The molecular formula is C23H29ClFN3O4S. The van der Waals surface area contributed by atoms with Crippen LogP contribution in [0.1, 0.15) is 32.3 Å². The van der Waals surface area contributed by atoms with Gasteiger partial charge >= 0.3 is 0 Å². The zero-order chi connectivity index (χ0) is 24.6. The average Bonchev–Trinajstić information content (AvgIpc) is 2.75. The predicted molar refractivity (Wildman–Crippen MR) is 128 cm³/mol. The monoisotopic (exact) mass is 497 g/mol. The normalized spacial score (nSPS) is 12.2. The Balaban J connectivity index is 2.33. The molecule has 0 bridgehead atoms. The lowest BCUT2D eigenvalue weighted by atomic mass is 10.1. The smallest absolute Gasteiger partial charge is 0.244 e. The van der Waals surface area contributed by atoms with Crippen LogP contribution >= 0.6 is 11.6 Å². The Kier molecular flexibility index (Phi) is 9.67. The minimum atomic E-state index is -3.90. The van der Waals surface area contributed by atoms with E-state index in [1.807, 2.05) is 6.92 Å². The number of sulfonamides is 1. The standard InChI is InChI=1S/C23H29ClFN3O4S/c1-4-5-13-26-23(30)17(2)27(15-18-9-11-19(24)12-10-18)22(29)16-28(33(3,31)32)21-8-6-7-20(25)14-21/h6-12,14,17H,4-5,13,15-16H2,1-3H3,(H,26,30)/t17-/m1/s1. The molecule has 33 heavy (non-hydrogen) atoms. The highest BCUT2D eigenvalue weighted by Gasteiger charge is 2.30. The van der Waals surface area contributed by atoms with E-state index in [0.717, 1.165) is 35.0 Å². The zero-order valence-corrected chi connectivity index (χ0v) is 20.5. The van der Waals surface area contributed by atoms with Crippen molar-refractivity contribution in [3.63, 3.8) is 0 Å². The van der Waals surface area contributed by atoms with E-state index in [2.05, 4.69) is 5.32 Å². The summed E-state index contributed by atoms with van der Waals surface area (Å²) >= 11 is 5.95. The van der Waals surface area contributed by atoms with E-state index in [0.29, 0.717) is 11.6 Å². The number of anilines is 1. The van der Waals surface area contributed by atoms with Gasteiger partial charge in [-0.25, -0.2) is 12.8 Å². The number of amides is 2. The summed E-state index contributed by atoms with van der Waals surface area (Å²) in [6.07, 6.45) is 2.64. The predicted octanol–water partition coefficient (Wildman–Crippen LogP) is 3.58. The van der Waals surface area contributed by atoms with E-state index in [-0.39, 0.29) is 18.1 Å². The maximum atomic E-state index is 13.7. The van der Waals surface area contributed by atoms with E-state index < -0.39 is 34.3 Å². The summed E-state index contributed by atoms with van der Waals surface area (Å²) in [5.41, 5.74) is 0.745. The van der Waals surface area contributed by atoms with E-state index in [1.54, 1.807) is 31.2 Å². The fourth-order valence-corrected chi connectivity index (χ4v) is 4.12. The molecule has 0 spiro atoms.